The average Bonchev–Trinajstić information content (AvgIpc) is 2.67. The molecule has 4 rings (SSSR count). The Labute approximate surface area is 163 Å². The van der Waals surface area contributed by atoms with Crippen LogP contribution in [0.2, 0.25) is 10.0 Å². The summed E-state index contributed by atoms with van der Waals surface area (Å²) in [6, 6.07) is 14.4. The predicted molar refractivity (Wildman–Crippen MR) is 106 cm³/mol. The van der Waals surface area contributed by atoms with Crippen LogP contribution in [0, 0.1) is 17.0 Å². The van der Waals surface area contributed by atoms with Gasteiger partial charge in [0.1, 0.15) is 11.0 Å². The third kappa shape index (κ3) is 2.76. The van der Waals surface area contributed by atoms with Gasteiger partial charge in [-0.25, -0.2) is 0 Å². The van der Waals surface area contributed by atoms with E-state index in [-0.39, 0.29) is 37.9 Å². The van der Waals surface area contributed by atoms with Crippen LogP contribution in [0.1, 0.15) is 21.5 Å². The van der Waals surface area contributed by atoms with E-state index in [4.69, 9.17) is 23.2 Å². The van der Waals surface area contributed by atoms with Crippen LogP contribution in [-0.4, -0.2) is 10.5 Å². The van der Waals surface area contributed by atoms with Gasteiger partial charge in [0.2, 0.25) is 0 Å². The number of benzene rings is 3. The zero-order valence-corrected chi connectivity index (χ0v) is 15.6. The van der Waals surface area contributed by atoms with Crippen LogP contribution in [0.4, 0.5) is 0 Å². The summed E-state index contributed by atoms with van der Waals surface area (Å²) in [6.45, 7) is 1.73. The van der Waals surface area contributed by atoms with Crippen molar-refractivity contribution >= 4 is 51.1 Å². The molecule has 7 heteroatoms. The number of nitrogens with zero attached hydrogens (tertiary/aromatic N) is 2. The zero-order chi connectivity index (χ0) is 19.3. The highest BCUT2D eigenvalue weighted by Gasteiger charge is 2.21. The van der Waals surface area contributed by atoms with Crippen molar-refractivity contribution in [1.82, 2.24) is 4.73 Å². The predicted octanol–water partition coefficient (Wildman–Crippen LogP) is 4.90. The lowest BCUT2D eigenvalue weighted by Crippen LogP contribution is -2.21. The van der Waals surface area contributed by atoms with Crippen LogP contribution in [0.25, 0.3) is 22.1 Å². The minimum Gasteiger partial charge on any atom is -0.805 e. The molecule has 0 aliphatic heterocycles. The first-order chi connectivity index (χ1) is 12.9. The van der Waals surface area contributed by atoms with Crippen LogP contribution in [0.15, 0.2) is 54.6 Å². The molecule has 1 aromatic heterocycles. The number of carbonyl (C=O) groups excluding carboxylic acids is 1. The van der Waals surface area contributed by atoms with Crippen molar-refractivity contribution in [2.75, 3.05) is 0 Å². The van der Waals surface area contributed by atoms with Gasteiger partial charge in [0.05, 0.1) is 14.5 Å². The Kier molecular flexibility index (Phi) is 4.13. The van der Waals surface area contributed by atoms with Crippen molar-refractivity contribution in [2.45, 2.75) is 6.92 Å². The van der Waals surface area contributed by atoms with Gasteiger partial charge in [0.25, 0.3) is 11.0 Å². The van der Waals surface area contributed by atoms with Gasteiger partial charge < -0.3 is 9.94 Å². The van der Waals surface area contributed by atoms with Gasteiger partial charge in [-0.05, 0) is 24.6 Å². The third-order valence-electron chi connectivity index (χ3n) is 4.49. The first kappa shape index (κ1) is 17.5. The highest BCUT2D eigenvalue weighted by Crippen LogP contribution is 2.29. The lowest BCUT2D eigenvalue weighted by Gasteiger charge is -2.16. The second-order valence-corrected chi connectivity index (χ2v) is 7.01. The number of aryl methyl sites for hydroxylation is 1. The van der Waals surface area contributed by atoms with Gasteiger partial charge in [-0.3, -0.25) is 4.79 Å². The Morgan fingerprint density at radius 3 is 2.26 bits per heavy atom. The molecule has 134 valence electrons. The molecule has 0 radical (unpaired) electrons. The summed E-state index contributed by atoms with van der Waals surface area (Å²) in [5, 5.41) is 13.1. The molecule has 0 saturated heterocycles. The summed E-state index contributed by atoms with van der Waals surface area (Å²) in [7, 11) is 0. The smallest absolute Gasteiger partial charge is 0.288 e. The topological polar surface area (TPSA) is 68.0 Å². The first-order valence-electron chi connectivity index (χ1n) is 8.06. The highest BCUT2D eigenvalue weighted by molar-refractivity contribution is 6.42. The maximum absolute atomic E-state index is 12.9. The number of hydrogen-bond acceptors (Lipinski definition) is 3. The fourth-order valence-corrected chi connectivity index (χ4v) is 3.42. The van der Waals surface area contributed by atoms with E-state index in [1.165, 1.54) is 24.3 Å². The number of fused-ring (bicyclic) bond motifs is 2. The number of rotatable bonds is 2. The number of ketones is 1. The van der Waals surface area contributed by atoms with Gasteiger partial charge in [-0.1, -0.05) is 53.5 Å². The second-order valence-electron chi connectivity index (χ2n) is 6.19. The van der Waals surface area contributed by atoms with Crippen molar-refractivity contribution in [3.63, 3.8) is 0 Å². The molecular formula is C20H12Cl2N2O3. The summed E-state index contributed by atoms with van der Waals surface area (Å²) in [5.74, 6) is -0.221. The van der Waals surface area contributed by atoms with Gasteiger partial charge in [-0.2, -0.15) is 0 Å². The molecule has 0 unspecified atom stereocenters. The maximum Gasteiger partial charge on any atom is 0.288 e. The molecule has 5 nitrogen and oxygen atoms in total. The van der Waals surface area contributed by atoms with Gasteiger partial charge in [0, 0.05) is 28.2 Å². The Bertz CT molecular complexity index is 1300. The van der Waals surface area contributed by atoms with Crippen LogP contribution in [0.5, 0.6) is 0 Å². The lowest BCUT2D eigenvalue weighted by atomic mass is 9.98. The molecule has 0 aliphatic rings. The summed E-state index contributed by atoms with van der Waals surface area (Å²) in [6.07, 6.45) is 0. The molecule has 0 amide bonds. The number of aromatic nitrogens is 2. The van der Waals surface area contributed by atoms with Crippen LogP contribution in [-0.2, 0) is 0 Å². The maximum atomic E-state index is 12.9. The van der Waals surface area contributed by atoms with E-state index in [0.29, 0.717) is 25.8 Å². The second kappa shape index (κ2) is 6.37. The zero-order valence-electron chi connectivity index (χ0n) is 14.1. The Balaban J connectivity index is 2.06. The number of halogens is 2. The monoisotopic (exact) mass is 398 g/mol. The molecule has 3 aromatic carbocycles. The number of carbonyl (C=O) groups is 1. The summed E-state index contributed by atoms with van der Waals surface area (Å²) in [4.78, 5) is 25.7. The van der Waals surface area contributed by atoms with Crippen molar-refractivity contribution < 1.29 is 9.22 Å². The highest BCUT2D eigenvalue weighted by atomic mass is 35.5. The van der Waals surface area contributed by atoms with E-state index in [1.54, 1.807) is 31.2 Å². The fourth-order valence-electron chi connectivity index (χ4n) is 3.11. The molecule has 0 N–H and O–H groups in total. The fraction of sp³-hybridized carbons (Fsp3) is 0.0500. The normalized spacial score (nSPS) is 11.2. The molecule has 0 spiro atoms. The Morgan fingerprint density at radius 2 is 1.56 bits per heavy atom. The van der Waals surface area contributed by atoms with Crippen LogP contribution >= 0.6 is 23.2 Å². The van der Waals surface area contributed by atoms with Gasteiger partial charge >= 0.3 is 0 Å². The van der Waals surface area contributed by atoms with E-state index >= 15 is 0 Å². The summed E-state index contributed by atoms with van der Waals surface area (Å²) >= 11 is 12.0. The van der Waals surface area contributed by atoms with Gasteiger partial charge in [-0.15, -0.1) is 0 Å². The van der Waals surface area contributed by atoms with Gasteiger partial charge in [0.15, 0.2) is 5.78 Å². The standard InChI is InChI=1S/C20H12Cl2N2O3/c1-11-7-16-17(8-13(11)20(25)12-5-3-2-4-6-12)24(27)19-10-15(22)14(21)9-18(19)23(16)26/h2-10H,1H3. The molecule has 0 saturated carbocycles. The van der Waals surface area contributed by atoms with Crippen molar-refractivity contribution in [2.24, 2.45) is 0 Å². The minimum absolute atomic E-state index is 0.0777. The molecule has 4 aromatic rings. The van der Waals surface area contributed by atoms with Crippen LogP contribution in [0.3, 0.4) is 0 Å². The minimum atomic E-state index is -0.221. The van der Waals surface area contributed by atoms with E-state index in [1.807, 2.05) is 6.07 Å². The van der Waals surface area contributed by atoms with E-state index in [2.05, 4.69) is 0 Å². The Hall–Kier alpha value is -2.89. The molecule has 0 atom stereocenters. The largest absolute Gasteiger partial charge is 0.805 e. The quantitative estimate of drug-likeness (QED) is 0.274. The summed E-state index contributed by atoms with van der Waals surface area (Å²) in [5.41, 5.74) is 1.88. The molecule has 27 heavy (non-hydrogen) atoms. The molecular weight excluding hydrogens is 387 g/mol. The average molecular weight is 399 g/mol. The first-order valence-corrected chi connectivity index (χ1v) is 8.82. The molecule has 0 aliphatic carbocycles. The SMILES string of the molecule is Cc1cc2c(cc1C(=O)c1ccccc1)[n+](=O)c1cc(Cl)c(Cl)cc1n2[O-]. The molecule has 1 heterocycles. The molecule has 0 bridgehead atoms. The summed E-state index contributed by atoms with van der Waals surface area (Å²) < 4.78 is 1.23. The van der Waals surface area contributed by atoms with Crippen molar-refractivity contribution in [3.8, 4) is 0 Å². The number of hydrogen-bond donors (Lipinski definition) is 0. The van der Waals surface area contributed by atoms with E-state index in [9.17, 15) is 14.9 Å². The third-order valence-corrected chi connectivity index (χ3v) is 5.22. The van der Waals surface area contributed by atoms with Crippen LogP contribution < -0.4 is 4.43 Å². The molecule has 0 fully saturated rings. The Morgan fingerprint density at radius 1 is 0.963 bits per heavy atom. The van der Waals surface area contributed by atoms with E-state index in [0.717, 1.165) is 0 Å². The van der Waals surface area contributed by atoms with E-state index < -0.39 is 0 Å². The van der Waals surface area contributed by atoms with Crippen molar-refractivity contribution in [1.29, 1.82) is 0 Å². The van der Waals surface area contributed by atoms with Crippen molar-refractivity contribution in [3.05, 3.63) is 91.4 Å². The lowest BCUT2D eigenvalue weighted by molar-refractivity contribution is -0.432.